The fourth-order valence-electron chi connectivity index (χ4n) is 1.87. The second-order valence-electron chi connectivity index (χ2n) is 4.56. The normalized spacial score (nSPS) is 10.5. The Kier molecular flexibility index (Phi) is 5.26. The molecule has 1 amide bonds. The van der Waals surface area contributed by atoms with E-state index >= 15 is 0 Å². The summed E-state index contributed by atoms with van der Waals surface area (Å²) in [5.41, 5.74) is 1.77. The van der Waals surface area contributed by atoms with Gasteiger partial charge in [-0.3, -0.25) is 19.6 Å². The minimum atomic E-state index is -0.328. The molecule has 0 radical (unpaired) electrons. The smallest absolute Gasteiger partial charge is 0.311 e. The fraction of sp³-hybridized carbons (Fsp3) is 0.429. The van der Waals surface area contributed by atoms with Gasteiger partial charge in [-0.1, -0.05) is 0 Å². The van der Waals surface area contributed by atoms with Gasteiger partial charge in [-0.05, 0) is 20.8 Å². The van der Waals surface area contributed by atoms with E-state index in [1.165, 1.54) is 11.3 Å². The molecule has 0 bridgehead atoms. The molecule has 118 valence electrons. The predicted octanol–water partition coefficient (Wildman–Crippen LogP) is 2.03. The first-order valence-corrected chi connectivity index (χ1v) is 7.86. The monoisotopic (exact) mass is 322 g/mol. The Balaban J connectivity index is 2.01. The number of carbonyl (C=O) groups is 2. The maximum absolute atomic E-state index is 12.2. The third-order valence-corrected chi connectivity index (χ3v) is 3.72. The van der Waals surface area contributed by atoms with Gasteiger partial charge in [0.1, 0.15) is 0 Å². The predicted molar refractivity (Wildman–Crippen MR) is 83.0 cm³/mol. The van der Waals surface area contributed by atoms with E-state index < -0.39 is 0 Å². The first kappa shape index (κ1) is 16.2. The number of carbonyl (C=O) groups excluding carboxylic acids is 2. The van der Waals surface area contributed by atoms with E-state index in [4.69, 9.17) is 4.74 Å². The minimum absolute atomic E-state index is 0.104. The van der Waals surface area contributed by atoms with Gasteiger partial charge in [0.25, 0.3) is 5.91 Å². The van der Waals surface area contributed by atoms with E-state index in [0.29, 0.717) is 35.2 Å². The summed E-state index contributed by atoms with van der Waals surface area (Å²) in [6.07, 6.45) is 1.81. The van der Waals surface area contributed by atoms with Crippen LogP contribution in [0.5, 0.6) is 0 Å². The van der Waals surface area contributed by atoms with Crippen LogP contribution in [0.15, 0.2) is 11.6 Å². The summed E-state index contributed by atoms with van der Waals surface area (Å²) in [4.78, 5) is 27.8. The molecular formula is C14H18N4O3S. The fourth-order valence-corrected chi connectivity index (χ4v) is 2.58. The highest BCUT2D eigenvalue weighted by Crippen LogP contribution is 2.18. The third-order valence-electron chi connectivity index (χ3n) is 2.92. The van der Waals surface area contributed by atoms with E-state index in [0.717, 1.165) is 0 Å². The number of hydrogen-bond acceptors (Lipinski definition) is 6. The topological polar surface area (TPSA) is 86.1 Å². The number of aryl methyl sites for hydroxylation is 2. The number of esters is 1. The number of amides is 1. The number of rotatable bonds is 6. The molecule has 2 heterocycles. The molecule has 0 aliphatic rings. The summed E-state index contributed by atoms with van der Waals surface area (Å²) in [5.74, 6) is -0.583. The van der Waals surface area contributed by atoms with E-state index in [1.54, 1.807) is 30.1 Å². The second-order valence-corrected chi connectivity index (χ2v) is 5.42. The van der Waals surface area contributed by atoms with Gasteiger partial charge >= 0.3 is 5.97 Å². The molecule has 22 heavy (non-hydrogen) atoms. The van der Waals surface area contributed by atoms with Crippen molar-refractivity contribution >= 4 is 28.3 Å². The highest BCUT2D eigenvalue weighted by molar-refractivity contribution is 7.14. The van der Waals surface area contributed by atoms with Crippen LogP contribution in [0, 0.1) is 6.92 Å². The Morgan fingerprint density at radius 1 is 1.41 bits per heavy atom. The average Bonchev–Trinajstić information content (AvgIpc) is 3.05. The molecule has 0 saturated carbocycles. The molecule has 0 atom stereocenters. The molecule has 0 fully saturated rings. The first-order chi connectivity index (χ1) is 10.5. The third kappa shape index (κ3) is 3.91. The molecule has 8 heteroatoms. The zero-order valence-corrected chi connectivity index (χ0v) is 13.6. The van der Waals surface area contributed by atoms with Crippen LogP contribution in [0.1, 0.15) is 35.6 Å². The summed E-state index contributed by atoms with van der Waals surface area (Å²) in [5, 5.41) is 9.14. The molecule has 0 aromatic carbocycles. The van der Waals surface area contributed by atoms with Crippen molar-refractivity contribution in [2.45, 2.75) is 33.7 Å². The summed E-state index contributed by atoms with van der Waals surface area (Å²) < 4.78 is 6.57. The van der Waals surface area contributed by atoms with E-state index in [1.807, 2.05) is 6.92 Å². The lowest BCUT2D eigenvalue weighted by Gasteiger charge is -2.00. The van der Waals surface area contributed by atoms with Crippen LogP contribution in [-0.4, -0.2) is 33.2 Å². The number of ether oxygens (including phenoxy) is 1. The second kappa shape index (κ2) is 7.17. The van der Waals surface area contributed by atoms with Crippen molar-refractivity contribution in [1.29, 1.82) is 0 Å². The summed E-state index contributed by atoms with van der Waals surface area (Å²) in [7, 11) is 0. The Morgan fingerprint density at radius 3 is 2.82 bits per heavy atom. The van der Waals surface area contributed by atoms with Gasteiger partial charge in [0.2, 0.25) is 0 Å². The van der Waals surface area contributed by atoms with Gasteiger partial charge in [-0.25, -0.2) is 4.98 Å². The highest BCUT2D eigenvalue weighted by atomic mass is 32.1. The molecule has 0 spiro atoms. The SMILES string of the molecule is CCOC(=O)Cc1csc(NC(=O)c2cn(CC)nc2C)n1. The van der Waals surface area contributed by atoms with Crippen molar-refractivity contribution < 1.29 is 14.3 Å². The van der Waals surface area contributed by atoms with Gasteiger partial charge in [-0.2, -0.15) is 5.10 Å². The van der Waals surface area contributed by atoms with Gasteiger partial charge in [0.05, 0.1) is 30.0 Å². The zero-order valence-electron chi connectivity index (χ0n) is 12.8. The van der Waals surface area contributed by atoms with Crippen LogP contribution in [-0.2, 0) is 22.5 Å². The van der Waals surface area contributed by atoms with Gasteiger partial charge in [0.15, 0.2) is 5.13 Å². The van der Waals surface area contributed by atoms with Crippen LogP contribution in [0.4, 0.5) is 5.13 Å². The number of thiazole rings is 1. The van der Waals surface area contributed by atoms with Crippen molar-refractivity contribution in [3.05, 3.63) is 28.5 Å². The quantitative estimate of drug-likeness (QED) is 0.822. The summed E-state index contributed by atoms with van der Waals surface area (Å²) >= 11 is 1.27. The number of aromatic nitrogens is 3. The van der Waals surface area contributed by atoms with Gasteiger partial charge < -0.3 is 4.74 Å². The Morgan fingerprint density at radius 2 is 2.18 bits per heavy atom. The van der Waals surface area contributed by atoms with Crippen LogP contribution in [0.2, 0.25) is 0 Å². The van der Waals surface area contributed by atoms with Gasteiger partial charge in [0, 0.05) is 18.1 Å². The van der Waals surface area contributed by atoms with E-state index in [2.05, 4.69) is 15.4 Å². The molecule has 0 saturated heterocycles. The highest BCUT2D eigenvalue weighted by Gasteiger charge is 2.15. The Hall–Kier alpha value is -2.22. The zero-order chi connectivity index (χ0) is 16.1. The maximum Gasteiger partial charge on any atom is 0.311 e. The molecule has 7 nitrogen and oxygen atoms in total. The van der Waals surface area contributed by atoms with Crippen molar-refractivity contribution in [1.82, 2.24) is 14.8 Å². The maximum atomic E-state index is 12.2. The van der Waals surface area contributed by atoms with Crippen molar-refractivity contribution in [2.75, 3.05) is 11.9 Å². The van der Waals surface area contributed by atoms with E-state index in [-0.39, 0.29) is 18.3 Å². The van der Waals surface area contributed by atoms with E-state index in [9.17, 15) is 9.59 Å². The molecule has 0 aliphatic carbocycles. The molecule has 0 unspecified atom stereocenters. The molecule has 2 rings (SSSR count). The van der Waals surface area contributed by atoms with Crippen molar-refractivity contribution in [3.8, 4) is 0 Å². The number of nitrogens with one attached hydrogen (secondary N) is 1. The summed E-state index contributed by atoms with van der Waals surface area (Å²) in [6.45, 7) is 6.54. The minimum Gasteiger partial charge on any atom is -0.466 e. The lowest BCUT2D eigenvalue weighted by Crippen LogP contribution is -2.12. The number of hydrogen-bond donors (Lipinski definition) is 1. The lowest BCUT2D eigenvalue weighted by atomic mass is 10.2. The van der Waals surface area contributed by atoms with Crippen molar-refractivity contribution in [3.63, 3.8) is 0 Å². The van der Waals surface area contributed by atoms with Crippen molar-refractivity contribution in [2.24, 2.45) is 0 Å². The summed E-state index contributed by atoms with van der Waals surface area (Å²) in [6, 6.07) is 0. The molecule has 2 aromatic rings. The lowest BCUT2D eigenvalue weighted by molar-refractivity contribution is -0.142. The molecule has 0 aliphatic heterocycles. The Bertz CT molecular complexity index is 677. The molecule has 1 N–H and O–H groups in total. The van der Waals surface area contributed by atoms with Crippen LogP contribution >= 0.6 is 11.3 Å². The standard InChI is InChI=1S/C14H18N4O3S/c1-4-18-7-11(9(3)17-18)13(20)16-14-15-10(8-22-14)6-12(19)21-5-2/h7-8H,4-6H2,1-3H3,(H,15,16,20). The molecule has 2 aromatic heterocycles. The average molecular weight is 322 g/mol. The van der Waals surface area contributed by atoms with Crippen LogP contribution < -0.4 is 5.32 Å². The number of anilines is 1. The first-order valence-electron chi connectivity index (χ1n) is 6.98. The number of nitrogens with zero attached hydrogens (tertiary/aromatic N) is 3. The van der Waals surface area contributed by atoms with Gasteiger partial charge in [-0.15, -0.1) is 11.3 Å². The Labute approximate surface area is 132 Å². The van der Waals surface area contributed by atoms with Crippen LogP contribution in [0.25, 0.3) is 0 Å². The largest absolute Gasteiger partial charge is 0.466 e. The van der Waals surface area contributed by atoms with Crippen LogP contribution in [0.3, 0.4) is 0 Å². The molecular weight excluding hydrogens is 304 g/mol.